The fourth-order valence-electron chi connectivity index (χ4n) is 10.6. The first-order valence-corrected chi connectivity index (χ1v) is 15.5. The van der Waals surface area contributed by atoms with Crippen LogP contribution in [-0.4, -0.2) is 66.0 Å². The van der Waals surface area contributed by atoms with E-state index in [4.69, 9.17) is 0 Å². The van der Waals surface area contributed by atoms with Crippen LogP contribution in [0.2, 0.25) is 0 Å². The Morgan fingerprint density at radius 2 is 1.76 bits per heavy atom. The van der Waals surface area contributed by atoms with E-state index in [2.05, 4.69) is 33.1 Å². The topological polar surface area (TPSA) is 69.6 Å². The zero-order valence-electron chi connectivity index (χ0n) is 24.1. The highest BCUT2D eigenvalue weighted by Crippen LogP contribution is 2.68. The van der Waals surface area contributed by atoms with Gasteiger partial charge in [0.05, 0.1) is 45.4 Å². The Morgan fingerprint density at radius 1 is 1.03 bits per heavy atom. The van der Waals surface area contributed by atoms with Crippen LogP contribution in [0.3, 0.4) is 0 Å². The third kappa shape index (κ3) is 5.53. The van der Waals surface area contributed by atoms with Crippen molar-refractivity contribution < 1.29 is 43.5 Å². The maximum Gasteiger partial charge on any atom is 0.220 e. The van der Waals surface area contributed by atoms with Crippen LogP contribution >= 0.6 is 0 Å². The first kappa shape index (κ1) is 30.0. The molecule has 0 aromatic heterocycles. The number of hydrogen-bond donors (Lipinski definition) is 3. The molecule has 5 nitrogen and oxygen atoms in total. The van der Waals surface area contributed by atoms with E-state index < -0.39 is 0 Å². The van der Waals surface area contributed by atoms with E-state index in [1.54, 1.807) is 0 Å². The smallest absolute Gasteiger partial charge is 0.220 e. The van der Waals surface area contributed by atoms with Crippen LogP contribution in [0.4, 0.5) is 0 Å². The number of nitrogens with zero attached hydrogens (tertiary/aromatic N) is 1. The normalized spacial score (nSPS) is 45.2. The van der Waals surface area contributed by atoms with Crippen LogP contribution in [-0.2, 0) is 4.79 Å². The van der Waals surface area contributed by atoms with Gasteiger partial charge >= 0.3 is 0 Å². The minimum absolute atomic E-state index is 0. The SMILES string of the molecule is CC(CCC(=O)NCC[N+]1(C)CCCC1)[C@H]1CCC2C3CCC4C[C@H](O)CC[C@]4(C)C3C[C@H](O)[C@@]21C.[I-]. The largest absolute Gasteiger partial charge is 1.00 e. The Kier molecular flexibility index (Phi) is 9.36. The van der Waals surface area contributed by atoms with Gasteiger partial charge in [0.15, 0.2) is 0 Å². The predicted octanol–water partition coefficient (Wildman–Crippen LogP) is 1.75. The zero-order valence-corrected chi connectivity index (χ0v) is 26.2. The molecule has 4 saturated carbocycles. The third-order valence-corrected chi connectivity index (χ3v) is 12.9. The summed E-state index contributed by atoms with van der Waals surface area (Å²) in [6.45, 7) is 11.6. The van der Waals surface area contributed by atoms with Gasteiger partial charge in [0.1, 0.15) is 0 Å². The molecule has 3 N–H and O–H groups in total. The first-order chi connectivity index (χ1) is 17.1. The molecule has 1 heterocycles. The Hall–Kier alpha value is 0.0800. The van der Waals surface area contributed by atoms with Gasteiger partial charge < -0.3 is 44.0 Å². The van der Waals surface area contributed by atoms with Crippen molar-refractivity contribution >= 4 is 5.91 Å². The van der Waals surface area contributed by atoms with E-state index >= 15 is 0 Å². The van der Waals surface area contributed by atoms with Crippen molar-refractivity contribution in [3.8, 4) is 0 Å². The lowest BCUT2D eigenvalue weighted by molar-refractivity contribution is -0.896. The van der Waals surface area contributed by atoms with E-state index in [1.165, 1.54) is 51.6 Å². The van der Waals surface area contributed by atoms with E-state index in [1.807, 2.05) is 0 Å². The molecule has 0 aromatic carbocycles. The summed E-state index contributed by atoms with van der Waals surface area (Å²) in [7, 11) is 2.32. The number of aliphatic hydroxyl groups is 2. The highest BCUT2D eigenvalue weighted by atomic mass is 127. The van der Waals surface area contributed by atoms with Crippen LogP contribution < -0.4 is 29.3 Å². The lowest BCUT2D eigenvalue weighted by Gasteiger charge is -2.62. The number of likely N-dealkylation sites (N-methyl/N-ethyl adjacent to an activating group) is 1. The monoisotopic (exact) mass is 630 g/mol. The van der Waals surface area contributed by atoms with Crippen LogP contribution in [0, 0.1) is 46.3 Å². The van der Waals surface area contributed by atoms with Crippen molar-refractivity contribution in [1.29, 1.82) is 0 Å². The number of rotatable bonds is 7. The van der Waals surface area contributed by atoms with E-state index in [0.29, 0.717) is 41.4 Å². The lowest BCUT2D eigenvalue weighted by Crippen LogP contribution is -3.00. The fourth-order valence-corrected chi connectivity index (χ4v) is 10.6. The summed E-state index contributed by atoms with van der Waals surface area (Å²) in [6.07, 6.45) is 12.8. The Morgan fingerprint density at radius 3 is 2.49 bits per heavy atom. The van der Waals surface area contributed by atoms with Crippen LogP contribution in [0.1, 0.15) is 97.8 Å². The molecular weight excluding hydrogens is 575 g/mol. The number of aliphatic hydroxyl groups excluding tert-OH is 2. The van der Waals surface area contributed by atoms with Gasteiger partial charge in [-0.1, -0.05) is 20.8 Å². The van der Waals surface area contributed by atoms with Crippen molar-refractivity contribution in [2.75, 3.05) is 33.2 Å². The maximum absolute atomic E-state index is 12.7. The van der Waals surface area contributed by atoms with Crippen molar-refractivity contribution in [2.45, 2.75) is 110 Å². The number of halogens is 1. The second kappa shape index (κ2) is 11.5. The lowest BCUT2D eigenvalue weighted by atomic mass is 9.43. The second-order valence-corrected chi connectivity index (χ2v) is 14.7. The molecule has 214 valence electrons. The van der Waals surface area contributed by atoms with E-state index in [-0.39, 0.29) is 47.5 Å². The summed E-state index contributed by atoms with van der Waals surface area (Å²) >= 11 is 0. The van der Waals surface area contributed by atoms with Crippen molar-refractivity contribution in [1.82, 2.24) is 5.32 Å². The molecule has 4 aliphatic carbocycles. The molecule has 5 aliphatic rings. The van der Waals surface area contributed by atoms with Gasteiger partial charge in [-0.25, -0.2) is 0 Å². The van der Waals surface area contributed by atoms with Crippen LogP contribution in [0.25, 0.3) is 0 Å². The summed E-state index contributed by atoms with van der Waals surface area (Å²) in [5, 5.41) is 25.3. The molecule has 37 heavy (non-hydrogen) atoms. The molecular formula is C31H55IN2O3. The predicted molar refractivity (Wildman–Crippen MR) is 144 cm³/mol. The molecule has 10 atom stereocenters. The molecule has 1 amide bonds. The number of carbonyl (C=O) groups excluding carboxylic acids is 1. The van der Waals surface area contributed by atoms with Gasteiger partial charge in [-0.15, -0.1) is 0 Å². The molecule has 0 radical (unpaired) electrons. The molecule has 0 aromatic rings. The molecule has 5 unspecified atom stereocenters. The highest BCUT2D eigenvalue weighted by Gasteiger charge is 2.63. The summed E-state index contributed by atoms with van der Waals surface area (Å²) in [5.41, 5.74) is 0.281. The van der Waals surface area contributed by atoms with Crippen molar-refractivity contribution in [3.63, 3.8) is 0 Å². The van der Waals surface area contributed by atoms with Gasteiger partial charge in [0.25, 0.3) is 0 Å². The first-order valence-electron chi connectivity index (χ1n) is 15.5. The van der Waals surface area contributed by atoms with Crippen LogP contribution in [0.15, 0.2) is 0 Å². The number of nitrogens with one attached hydrogen (secondary N) is 1. The molecule has 1 saturated heterocycles. The van der Waals surface area contributed by atoms with Crippen LogP contribution in [0.5, 0.6) is 0 Å². The van der Waals surface area contributed by atoms with Gasteiger partial charge in [-0.3, -0.25) is 4.79 Å². The zero-order chi connectivity index (χ0) is 25.7. The summed E-state index contributed by atoms with van der Waals surface area (Å²) < 4.78 is 1.11. The number of amides is 1. The molecule has 0 bridgehead atoms. The van der Waals surface area contributed by atoms with Gasteiger partial charge in [0, 0.05) is 19.3 Å². The minimum Gasteiger partial charge on any atom is -1.00 e. The average molecular weight is 631 g/mol. The number of likely N-dealkylation sites (tertiary alicyclic amines) is 1. The summed E-state index contributed by atoms with van der Waals surface area (Å²) in [6, 6.07) is 0. The number of hydrogen-bond acceptors (Lipinski definition) is 3. The Labute approximate surface area is 243 Å². The Balaban J connectivity index is 0.00000320. The summed E-state index contributed by atoms with van der Waals surface area (Å²) in [4.78, 5) is 12.7. The quantitative estimate of drug-likeness (QED) is 0.297. The standard InChI is InChI=1S/C31H54N2O3.HI/c1-21(7-12-29(36)32-15-18-33(4)16-5-6-17-33)25-10-11-26-24-9-8-22-19-23(34)13-14-30(22,2)27(24)20-28(35)31(25,26)3;/h21-28,34-35H,5-20H2,1-4H3;1H/t21?,22?,23-,24?,25-,26?,27?,28+,30+,31-;/m1./s1. The van der Waals surface area contributed by atoms with Gasteiger partial charge in [-0.2, -0.15) is 0 Å². The van der Waals surface area contributed by atoms with E-state index in [9.17, 15) is 15.0 Å². The third-order valence-electron chi connectivity index (χ3n) is 12.9. The second-order valence-electron chi connectivity index (χ2n) is 14.7. The minimum atomic E-state index is -0.236. The molecule has 5 fully saturated rings. The number of quaternary nitrogens is 1. The highest BCUT2D eigenvalue weighted by molar-refractivity contribution is 5.75. The maximum atomic E-state index is 12.7. The molecule has 0 spiro atoms. The summed E-state index contributed by atoms with van der Waals surface area (Å²) in [5.74, 6) is 3.77. The average Bonchev–Trinajstić information content (AvgIpc) is 3.43. The van der Waals surface area contributed by atoms with Gasteiger partial charge in [-0.05, 0) is 104 Å². The van der Waals surface area contributed by atoms with Gasteiger partial charge in [0.2, 0.25) is 5.91 Å². The molecule has 1 aliphatic heterocycles. The molecule has 6 heteroatoms. The van der Waals surface area contributed by atoms with E-state index in [0.717, 1.165) is 55.6 Å². The number of carbonyl (C=O) groups is 1. The Bertz CT molecular complexity index is 803. The van der Waals surface area contributed by atoms with Crippen molar-refractivity contribution in [2.24, 2.45) is 46.3 Å². The number of fused-ring (bicyclic) bond motifs is 5. The molecule has 5 rings (SSSR count). The fraction of sp³-hybridized carbons (Fsp3) is 0.968. The van der Waals surface area contributed by atoms with Crippen molar-refractivity contribution in [3.05, 3.63) is 0 Å².